The van der Waals surface area contributed by atoms with Crippen LogP contribution in [0.2, 0.25) is 0 Å². The molecule has 0 unspecified atom stereocenters. The van der Waals surface area contributed by atoms with Crippen LogP contribution in [0, 0.1) is 6.92 Å². The van der Waals surface area contributed by atoms with Gasteiger partial charge in [-0.05, 0) is 31.2 Å². The Morgan fingerprint density at radius 2 is 1.59 bits per heavy atom. The van der Waals surface area contributed by atoms with Crippen LogP contribution < -0.4 is 19.6 Å². The van der Waals surface area contributed by atoms with Crippen molar-refractivity contribution in [1.29, 1.82) is 0 Å². The van der Waals surface area contributed by atoms with E-state index in [-0.39, 0.29) is 12.0 Å². The van der Waals surface area contributed by atoms with Crippen molar-refractivity contribution in [2.45, 2.75) is 13.5 Å². The number of fused-ring (bicyclic) bond motifs is 1. The van der Waals surface area contributed by atoms with Crippen molar-refractivity contribution in [3.8, 4) is 28.6 Å². The van der Waals surface area contributed by atoms with Crippen LogP contribution in [0.15, 0.2) is 39.5 Å². The van der Waals surface area contributed by atoms with Gasteiger partial charge in [0, 0.05) is 24.3 Å². The zero-order valence-corrected chi connectivity index (χ0v) is 16.0. The molecule has 0 spiro atoms. The first-order chi connectivity index (χ1) is 13.0. The number of hydrogen-bond donors (Lipinski definition) is 0. The van der Waals surface area contributed by atoms with Gasteiger partial charge in [-0.15, -0.1) is 0 Å². The van der Waals surface area contributed by atoms with Crippen molar-refractivity contribution in [1.82, 2.24) is 0 Å². The van der Waals surface area contributed by atoms with Crippen LogP contribution in [0.1, 0.15) is 11.1 Å². The molecule has 0 fully saturated rings. The van der Waals surface area contributed by atoms with Gasteiger partial charge >= 0.3 is 0 Å². The Kier molecular flexibility index (Phi) is 5.37. The highest BCUT2D eigenvalue weighted by atomic mass is 16.5. The highest BCUT2D eigenvalue weighted by molar-refractivity contribution is 5.91. The summed E-state index contributed by atoms with van der Waals surface area (Å²) < 4.78 is 27.7. The zero-order chi connectivity index (χ0) is 19.6. The smallest absolute Gasteiger partial charge is 0.197 e. The van der Waals surface area contributed by atoms with Crippen LogP contribution in [0.3, 0.4) is 0 Å². The summed E-state index contributed by atoms with van der Waals surface area (Å²) >= 11 is 0. The molecule has 3 aromatic rings. The van der Waals surface area contributed by atoms with E-state index in [1.165, 1.54) is 13.2 Å². The minimum absolute atomic E-state index is 0.193. The third-order valence-electron chi connectivity index (χ3n) is 4.48. The van der Waals surface area contributed by atoms with Crippen LogP contribution in [0.5, 0.6) is 17.2 Å². The molecule has 0 atom stereocenters. The highest BCUT2D eigenvalue weighted by Gasteiger charge is 2.23. The Balaban J connectivity index is 2.36. The second-order valence-corrected chi connectivity index (χ2v) is 6.01. The van der Waals surface area contributed by atoms with E-state index in [0.717, 1.165) is 16.9 Å². The van der Waals surface area contributed by atoms with Crippen molar-refractivity contribution in [2.75, 3.05) is 28.4 Å². The fraction of sp³-hybridized carbons (Fsp3) is 0.286. The molecule has 142 valence electrons. The van der Waals surface area contributed by atoms with Gasteiger partial charge in [-0.25, -0.2) is 0 Å². The molecular weight excluding hydrogens is 348 g/mol. The third-order valence-corrected chi connectivity index (χ3v) is 4.48. The molecule has 0 aliphatic heterocycles. The van der Waals surface area contributed by atoms with Crippen molar-refractivity contribution in [3.05, 3.63) is 51.7 Å². The lowest BCUT2D eigenvalue weighted by Gasteiger charge is -2.17. The Morgan fingerprint density at radius 1 is 0.926 bits per heavy atom. The monoisotopic (exact) mass is 370 g/mol. The van der Waals surface area contributed by atoms with Crippen LogP contribution in [0.25, 0.3) is 22.3 Å². The molecule has 0 bridgehead atoms. The average molecular weight is 370 g/mol. The van der Waals surface area contributed by atoms with E-state index in [1.54, 1.807) is 21.3 Å². The van der Waals surface area contributed by atoms with E-state index < -0.39 is 0 Å². The maximum atomic E-state index is 12.9. The topological polar surface area (TPSA) is 67.1 Å². The fourth-order valence-electron chi connectivity index (χ4n) is 3.25. The van der Waals surface area contributed by atoms with E-state index >= 15 is 0 Å². The van der Waals surface area contributed by atoms with Crippen LogP contribution in [-0.2, 0) is 11.3 Å². The van der Waals surface area contributed by atoms with Crippen molar-refractivity contribution in [3.63, 3.8) is 0 Å². The first-order valence-corrected chi connectivity index (χ1v) is 8.40. The van der Waals surface area contributed by atoms with Gasteiger partial charge in [0.2, 0.25) is 0 Å². The van der Waals surface area contributed by atoms with Crippen molar-refractivity contribution in [2.24, 2.45) is 0 Å². The van der Waals surface area contributed by atoms with Crippen molar-refractivity contribution < 1.29 is 23.4 Å². The molecule has 0 aliphatic rings. The molecule has 2 aromatic carbocycles. The average Bonchev–Trinajstić information content (AvgIpc) is 2.69. The minimum atomic E-state index is -0.193. The van der Waals surface area contributed by atoms with Gasteiger partial charge in [0.1, 0.15) is 28.4 Å². The van der Waals surface area contributed by atoms with Crippen LogP contribution in [-0.4, -0.2) is 28.4 Å². The Labute approximate surface area is 157 Å². The predicted octanol–water partition coefficient (Wildman–Crippen LogP) is 3.94. The molecule has 6 nitrogen and oxygen atoms in total. The molecule has 1 heterocycles. The normalized spacial score (nSPS) is 10.9. The largest absolute Gasteiger partial charge is 0.497 e. The fourth-order valence-corrected chi connectivity index (χ4v) is 3.25. The standard InChI is InChI=1S/C21H22O6/c1-12-19(25-4)15(11-23-2)21-18(20(12)26-5)16(22)10-17(27-21)13-6-8-14(24-3)9-7-13/h6-10H,11H2,1-5H3. The molecule has 0 saturated heterocycles. The van der Waals surface area contributed by atoms with E-state index in [4.69, 9.17) is 23.4 Å². The molecular formula is C21H22O6. The summed E-state index contributed by atoms with van der Waals surface area (Å²) in [5.74, 6) is 2.19. The molecule has 27 heavy (non-hydrogen) atoms. The van der Waals surface area contributed by atoms with Crippen LogP contribution in [0.4, 0.5) is 0 Å². The maximum Gasteiger partial charge on any atom is 0.197 e. The third kappa shape index (κ3) is 3.24. The summed E-state index contributed by atoms with van der Waals surface area (Å²) in [6, 6.07) is 8.76. The molecule has 0 radical (unpaired) electrons. The Hall–Kier alpha value is -2.99. The maximum absolute atomic E-state index is 12.9. The summed E-state index contributed by atoms with van der Waals surface area (Å²) in [5.41, 5.74) is 2.36. The van der Waals surface area contributed by atoms with E-state index in [9.17, 15) is 4.79 Å². The van der Waals surface area contributed by atoms with Gasteiger partial charge in [0.15, 0.2) is 11.0 Å². The molecule has 0 N–H and O–H groups in total. The van der Waals surface area contributed by atoms with Gasteiger partial charge in [0.05, 0.1) is 33.5 Å². The van der Waals surface area contributed by atoms with Gasteiger partial charge < -0.3 is 23.4 Å². The van der Waals surface area contributed by atoms with Crippen molar-refractivity contribution >= 4 is 11.0 Å². The predicted molar refractivity (Wildman–Crippen MR) is 103 cm³/mol. The first-order valence-electron chi connectivity index (χ1n) is 8.40. The van der Waals surface area contributed by atoms with Gasteiger partial charge in [-0.1, -0.05) is 0 Å². The lowest BCUT2D eigenvalue weighted by molar-refractivity contribution is 0.181. The zero-order valence-electron chi connectivity index (χ0n) is 16.0. The van der Waals surface area contributed by atoms with Gasteiger partial charge in [-0.3, -0.25) is 4.79 Å². The molecule has 0 amide bonds. The quantitative estimate of drug-likeness (QED) is 0.655. The van der Waals surface area contributed by atoms with Gasteiger partial charge in [-0.2, -0.15) is 0 Å². The second-order valence-electron chi connectivity index (χ2n) is 6.01. The number of ether oxygens (including phenoxy) is 4. The number of hydrogen-bond acceptors (Lipinski definition) is 6. The lowest BCUT2D eigenvalue weighted by Crippen LogP contribution is -2.08. The molecule has 6 heteroatoms. The van der Waals surface area contributed by atoms with E-state index in [0.29, 0.717) is 33.8 Å². The highest BCUT2D eigenvalue weighted by Crippen LogP contribution is 2.40. The molecule has 1 aromatic heterocycles. The summed E-state index contributed by atoms with van der Waals surface area (Å²) in [5, 5.41) is 0.375. The number of methoxy groups -OCH3 is 4. The molecule has 3 rings (SSSR count). The second kappa shape index (κ2) is 7.72. The Morgan fingerprint density at radius 3 is 2.15 bits per heavy atom. The number of benzene rings is 2. The molecule has 0 saturated carbocycles. The van der Waals surface area contributed by atoms with Crippen LogP contribution >= 0.6 is 0 Å². The summed E-state index contributed by atoms with van der Waals surface area (Å²) in [6.07, 6.45) is 0. The summed E-state index contributed by atoms with van der Waals surface area (Å²) in [4.78, 5) is 12.9. The molecule has 0 aliphatic carbocycles. The summed E-state index contributed by atoms with van der Waals surface area (Å²) in [7, 11) is 6.27. The SMILES string of the molecule is COCc1c(OC)c(C)c(OC)c2c(=O)cc(-c3ccc(OC)cc3)oc12. The minimum Gasteiger partial charge on any atom is -0.497 e. The lowest BCUT2D eigenvalue weighted by atomic mass is 10.0. The Bertz CT molecular complexity index is 1020. The van der Waals surface area contributed by atoms with E-state index in [1.807, 2.05) is 31.2 Å². The number of rotatable bonds is 6. The van der Waals surface area contributed by atoms with Gasteiger partial charge in [0.25, 0.3) is 0 Å². The first kappa shape index (κ1) is 18.8. The summed E-state index contributed by atoms with van der Waals surface area (Å²) in [6.45, 7) is 2.08. The van der Waals surface area contributed by atoms with E-state index in [2.05, 4.69) is 0 Å².